The van der Waals surface area contributed by atoms with Crippen molar-refractivity contribution in [3.8, 4) is 0 Å². The Labute approximate surface area is 199 Å². The molecule has 0 saturated carbocycles. The maximum absolute atomic E-state index is 12.9. The number of benzene rings is 1. The van der Waals surface area contributed by atoms with Gasteiger partial charge in [-0.15, -0.1) is 23.1 Å². The van der Waals surface area contributed by atoms with Crippen molar-refractivity contribution < 1.29 is 23.5 Å². The molecule has 170 valence electrons. The number of anilines is 1. The zero-order valence-electron chi connectivity index (χ0n) is 18.0. The smallest absolute Gasteiger partial charge is 0.341 e. The third kappa shape index (κ3) is 4.18. The summed E-state index contributed by atoms with van der Waals surface area (Å²) in [5.41, 5.74) is 2.90. The first kappa shape index (κ1) is 21.8. The fraction of sp³-hybridized carbons (Fsp3) is 0.292. The number of amides is 2. The van der Waals surface area contributed by atoms with Crippen molar-refractivity contribution in [3.63, 3.8) is 0 Å². The average Bonchev–Trinajstić information content (AvgIpc) is 3.60. The van der Waals surface area contributed by atoms with Crippen LogP contribution in [0.5, 0.6) is 0 Å². The number of thiophene rings is 1. The minimum absolute atomic E-state index is 0.0595. The van der Waals surface area contributed by atoms with Crippen molar-refractivity contribution in [2.75, 3.05) is 18.2 Å². The molecule has 3 aromatic rings. The Kier molecular flexibility index (Phi) is 5.99. The lowest BCUT2D eigenvalue weighted by atomic mass is 10.1. The van der Waals surface area contributed by atoms with Gasteiger partial charge < -0.3 is 19.4 Å². The third-order valence-corrected chi connectivity index (χ3v) is 8.33. The molecule has 2 aromatic heterocycles. The first-order chi connectivity index (χ1) is 16.0. The highest BCUT2D eigenvalue weighted by Crippen LogP contribution is 2.41. The maximum atomic E-state index is 12.9. The van der Waals surface area contributed by atoms with E-state index >= 15 is 0 Å². The molecule has 1 aromatic carbocycles. The fourth-order valence-corrected chi connectivity index (χ4v) is 6.72. The molecule has 1 N–H and O–H groups in total. The number of carbonyl (C=O) groups is 3. The number of furan rings is 1. The van der Waals surface area contributed by atoms with Crippen molar-refractivity contribution in [1.82, 2.24) is 4.90 Å². The van der Waals surface area contributed by atoms with E-state index in [4.69, 9.17) is 9.15 Å². The number of ether oxygens (including phenoxy) is 1. The molecule has 1 aliphatic heterocycles. The first-order valence-electron chi connectivity index (χ1n) is 10.6. The number of fused-ring (bicyclic) bond motifs is 1. The molecule has 0 spiro atoms. The highest BCUT2D eigenvalue weighted by atomic mass is 32.2. The lowest BCUT2D eigenvalue weighted by Crippen LogP contribution is -2.27. The molecule has 1 saturated heterocycles. The van der Waals surface area contributed by atoms with Crippen LogP contribution in [-0.4, -0.2) is 35.5 Å². The predicted molar refractivity (Wildman–Crippen MR) is 127 cm³/mol. The summed E-state index contributed by atoms with van der Waals surface area (Å²) < 4.78 is 10.4. The fourth-order valence-electron chi connectivity index (χ4n) is 4.26. The van der Waals surface area contributed by atoms with Crippen LogP contribution in [0.2, 0.25) is 0 Å². The number of hydrogen-bond acceptors (Lipinski definition) is 7. The highest BCUT2D eigenvalue weighted by Gasteiger charge is 2.33. The van der Waals surface area contributed by atoms with Crippen LogP contribution in [0.25, 0.3) is 0 Å². The number of esters is 1. The van der Waals surface area contributed by atoms with Gasteiger partial charge in [0, 0.05) is 10.4 Å². The van der Waals surface area contributed by atoms with Gasteiger partial charge in [-0.1, -0.05) is 12.1 Å². The Bertz CT molecular complexity index is 1200. The Morgan fingerprint density at radius 1 is 1.21 bits per heavy atom. The number of carbonyl (C=O) groups excluding carboxylic acids is 3. The number of hydrogen-bond donors (Lipinski definition) is 1. The highest BCUT2D eigenvalue weighted by molar-refractivity contribution is 8.00. The quantitative estimate of drug-likeness (QED) is 0.515. The molecule has 1 fully saturated rings. The molecule has 2 aliphatic rings. The topological polar surface area (TPSA) is 88.8 Å². The van der Waals surface area contributed by atoms with Crippen LogP contribution in [0.4, 0.5) is 5.00 Å². The summed E-state index contributed by atoms with van der Waals surface area (Å²) >= 11 is 3.01. The Balaban J connectivity index is 1.32. The van der Waals surface area contributed by atoms with Crippen LogP contribution in [0, 0.1) is 0 Å². The molecular formula is C24H22N2O5S2. The van der Waals surface area contributed by atoms with Crippen molar-refractivity contribution >= 4 is 45.9 Å². The summed E-state index contributed by atoms with van der Waals surface area (Å²) in [4.78, 5) is 40.6. The molecule has 1 aliphatic carbocycles. The van der Waals surface area contributed by atoms with Gasteiger partial charge in [-0.05, 0) is 54.7 Å². The second-order valence-corrected chi connectivity index (χ2v) is 10.1. The number of thioether (sulfide) groups is 1. The summed E-state index contributed by atoms with van der Waals surface area (Å²) in [6.07, 6.45) is 4.35. The average molecular weight is 483 g/mol. The van der Waals surface area contributed by atoms with Crippen molar-refractivity contribution in [1.29, 1.82) is 0 Å². The van der Waals surface area contributed by atoms with E-state index in [1.165, 1.54) is 18.4 Å². The maximum Gasteiger partial charge on any atom is 0.341 e. The molecule has 0 radical (unpaired) electrons. The van der Waals surface area contributed by atoms with Gasteiger partial charge in [-0.2, -0.15) is 0 Å². The normalized spacial score (nSPS) is 17.3. The van der Waals surface area contributed by atoms with Crippen LogP contribution >= 0.6 is 23.1 Å². The lowest BCUT2D eigenvalue weighted by Gasteiger charge is -2.23. The van der Waals surface area contributed by atoms with Gasteiger partial charge in [0.05, 0.1) is 31.2 Å². The van der Waals surface area contributed by atoms with E-state index in [1.54, 1.807) is 41.1 Å². The minimum Gasteiger partial charge on any atom is -0.467 e. The van der Waals surface area contributed by atoms with E-state index in [-0.39, 0.29) is 17.2 Å². The van der Waals surface area contributed by atoms with Gasteiger partial charge in [0.15, 0.2) is 0 Å². The van der Waals surface area contributed by atoms with E-state index in [0.29, 0.717) is 28.4 Å². The molecule has 3 heterocycles. The predicted octanol–water partition coefficient (Wildman–Crippen LogP) is 4.64. The van der Waals surface area contributed by atoms with Gasteiger partial charge in [0.1, 0.15) is 16.1 Å². The van der Waals surface area contributed by atoms with Gasteiger partial charge in [-0.3, -0.25) is 9.59 Å². The molecule has 33 heavy (non-hydrogen) atoms. The van der Waals surface area contributed by atoms with E-state index in [1.807, 2.05) is 18.2 Å². The molecule has 1 atom stereocenters. The van der Waals surface area contributed by atoms with Gasteiger partial charge in [0.25, 0.3) is 5.91 Å². The van der Waals surface area contributed by atoms with Crippen LogP contribution in [0.1, 0.15) is 54.3 Å². The number of nitrogens with one attached hydrogen (secondary N) is 1. The van der Waals surface area contributed by atoms with E-state index in [2.05, 4.69) is 5.32 Å². The molecule has 9 heteroatoms. The number of nitrogens with zero attached hydrogens (tertiary/aromatic N) is 1. The Morgan fingerprint density at radius 3 is 2.76 bits per heavy atom. The second-order valence-electron chi connectivity index (χ2n) is 7.89. The number of rotatable bonds is 6. The second kappa shape index (κ2) is 9.07. The van der Waals surface area contributed by atoms with Gasteiger partial charge in [0.2, 0.25) is 5.91 Å². The van der Waals surface area contributed by atoms with Crippen molar-refractivity contribution in [3.05, 3.63) is 75.6 Å². The molecule has 0 bridgehead atoms. The summed E-state index contributed by atoms with van der Waals surface area (Å²) in [5, 5.41) is 3.31. The summed E-state index contributed by atoms with van der Waals surface area (Å²) in [7, 11) is 1.35. The SMILES string of the molecule is COC(=O)c1c(NC(=O)c2ccc([C@@H]3SCC(=O)N3Cc3ccco3)cc2)sc2c1CCC2. The molecule has 0 unspecified atom stereocenters. The standard InChI is InChI=1S/C24H22N2O5S2/c1-30-24(29)20-17-5-2-6-18(17)33-22(20)25-21(28)14-7-9-15(10-8-14)23-26(19(27)13-32-23)12-16-4-3-11-31-16/h3-4,7-11,23H,2,5-6,12-13H2,1H3,(H,25,28)/t23-/m0/s1. The molecule has 5 rings (SSSR count). The van der Waals surface area contributed by atoms with Crippen LogP contribution in [-0.2, 0) is 28.9 Å². The van der Waals surface area contributed by atoms with E-state index in [0.717, 1.165) is 41.0 Å². The van der Waals surface area contributed by atoms with Gasteiger partial charge >= 0.3 is 5.97 Å². The van der Waals surface area contributed by atoms with E-state index < -0.39 is 5.97 Å². The van der Waals surface area contributed by atoms with Crippen molar-refractivity contribution in [2.45, 2.75) is 31.2 Å². The van der Waals surface area contributed by atoms with Crippen LogP contribution in [0.3, 0.4) is 0 Å². The molecular weight excluding hydrogens is 460 g/mol. The Morgan fingerprint density at radius 2 is 2.03 bits per heavy atom. The minimum atomic E-state index is -0.417. The lowest BCUT2D eigenvalue weighted by molar-refractivity contribution is -0.128. The number of methoxy groups -OCH3 is 1. The number of aryl methyl sites for hydroxylation is 1. The summed E-state index contributed by atoms with van der Waals surface area (Å²) in [6.45, 7) is 0.408. The van der Waals surface area contributed by atoms with Crippen molar-refractivity contribution in [2.24, 2.45) is 0 Å². The van der Waals surface area contributed by atoms with Crippen LogP contribution in [0.15, 0.2) is 47.1 Å². The summed E-state index contributed by atoms with van der Waals surface area (Å²) in [5.74, 6) is 0.502. The first-order valence-corrected chi connectivity index (χ1v) is 12.5. The largest absolute Gasteiger partial charge is 0.467 e. The van der Waals surface area contributed by atoms with Gasteiger partial charge in [-0.25, -0.2) is 4.79 Å². The third-order valence-electron chi connectivity index (χ3n) is 5.87. The monoisotopic (exact) mass is 482 g/mol. The van der Waals surface area contributed by atoms with E-state index in [9.17, 15) is 14.4 Å². The zero-order chi connectivity index (χ0) is 22.9. The Hall–Kier alpha value is -3.04. The zero-order valence-corrected chi connectivity index (χ0v) is 19.6. The summed E-state index contributed by atoms with van der Waals surface area (Å²) in [6, 6.07) is 10.9. The molecule has 7 nitrogen and oxygen atoms in total. The van der Waals surface area contributed by atoms with Crippen LogP contribution < -0.4 is 5.32 Å². The molecule has 2 amide bonds.